The summed E-state index contributed by atoms with van der Waals surface area (Å²) in [5.41, 5.74) is 19.3. The first-order valence-corrected chi connectivity index (χ1v) is 23.6. The third kappa shape index (κ3) is 5.08. The van der Waals surface area contributed by atoms with Gasteiger partial charge in [0.1, 0.15) is 34.5 Å². The van der Waals surface area contributed by atoms with Gasteiger partial charge in [-0.2, -0.15) is 0 Å². The molecule has 0 saturated heterocycles. The maximum Gasteiger partial charge on any atom is 0.261 e. The van der Waals surface area contributed by atoms with Gasteiger partial charge in [-0.25, -0.2) is 0 Å². The van der Waals surface area contributed by atoms with Gasteiger partial charge in [0, 0.05) is 67.6 Å². The minimum Gasteiger partial charge on any atom is -0.459 e. The Morgan fingerprint density at radius 3 is 1.16 bits per heavy atom. The highest BCUT2D eigenvalue weighted by atomic mass is 16.5. The quantitative estimate of drug-likeness (QED) is 0.127. The van der Waals surface area contributed by atoms with E-state index in [1.54, 1.807) is 0 Å². The number of allylic oxidation sites excluding steroid dienone is 3. The van der Waals surface area contributed by atoms with Gasteiger partial charge in [0.15, 0.2) is 0 Å². The van der Waals surface area contributed by atoms with Crippen LogP contribution in [0.3, 0.4) is 0 Å². The summed E-state index contributed by atoms with van der Waals surface area (Å²) < 4.78 is 22.9. The second kappa shape index (κ2) is 14.4. The molecule has 320 valence electrons. The average molecular weight is 881 g/mol. The summed E-state index contributed by atoms with van der Waals surface area (Å²) in [4.78, 5) is 7.05. The van der Waals surface area contributed by atoms with Gasteiger partial charge in [0.2, 0.25) is 0 Å². The van der Waals surface area contributed by atoms with Crippen LogP contribution in [0.1, 0.15) is 0 Å². The topological polar surface area (TPSA) is 37.4 Å². The Morgan fingerprint density at radius 1 is 0.362 bits per heavy atom. The maximum absolute atomic E-state index is 7.64. The van der Waals surface area contributed by atoms with E-state index < -0.39 is 0 Å². The number of rotatable bonds is 5. The smallest absolute Gasteiger partial charge is 0.261 e. The van der Waals surface area contributed by atoms with Crippen molar-refractivity contribution in [1.29, 1.82) is 0 Å². The lowest BCUT2D eigenvalue weighted by molar-refractivity contribution is 0.453. The van der Waals surface area contributed by atoms with E-state index in [4.69, 9.17) is 14.2 Å². The molecule has 0 saturated carbocycles. The molecule has 0 fully saturated rings. The van der Waals surface area contributed by atoms with Crippen LogP contribution in [0.2, 0.25) is 0 Å². The monoisotopic (exact) mass is 881 g/mol. The zero-order valence-electron chi connectivity index (χ0n) is 37.3. The van der Waals surface area contributed by atoms with E-state index in [1.807, 2.05) is 18.2 Å². The molecule has 6 aliphatic rings. The first-order valence-electron chi connectivity index (χ1n) is 23.6. The van der Waals surface area contributed by atoms with Crippen LogP contribution in [-0.2, 0) is 0 Å². The van der Waals surface area contributed by atoms with Crippen molar-refractivity contribution >= 4 is 115 Å². The molecule has 0 unspecified atom stereocenters. The van der Waals surface area contributed by atoms with Gasteiger partial charge in [0.05, 0.1) is 0 Å². The zero-order chi connectivity index (χ0) is 45.5. The highest BCUT2D eigenvalue weighted by Crippen LogP contribution is 2.48. The van der Waals surface area contributed by atoms with Crippen LogP contribution in [0.4, 0.5) is 45.5 Å². The van der Waals surface area contributed by atoms with Crippen LogP contribution in [-0.4, -0.2) is 20.1 Å². The Hall–Kier alpha value is -8.81. The molecule has 0 spiro atoms. The van der Waals surface area contributed by atoms with Gasteiger partial charge in [-0.15, -0.1) is 0 Å². The summed E-state index contributed by atoms with van der Waals surface area (Å²) in [5.74, 6) is 4.76. The van der Waals surface area contributed by atoms with Crippen LogP contribution in [0, 0.1) is 0 Å². The molecule has 69 heavy (non-hydrogen) atoms. The zero-order valence-corrected chi connectivity index (χ0v) is 37.3. The van der Waals surface area contributed by atoms with Crippen molar-refractivity contribution in [2.24, 2.45) is 0 Å². The second-order valence-electron chi connectivity index (χ2n) is 18.3. The fraction of sp³-hybridized carbons (Fsp3) is 0. The Labute approximate surface area is 401 Å². The van der Waals surface area contributed by atoms with E-state index in [0.29, 0.717) is 0 Å². The van der Waals surface area contributed by atoms with Gasteiger partial charge in [-0.1, -0.05) is 128 Å². The van der Waals surface area contributed by atoms with E-state index in [2.05, 4.69) is 216 Å². The number of hydrogen-bond acceptors (Lipinski definition) is 6. The summed E-state index contributed by atoms with van der Waals surface area (Å²) in [6, 6.07) is 67.1. The van der Waals surface area contributed by atoms with Crippen LogP contribution >= 0.6 is 0 Å². The van der Waals surface area contributed by atoms with Crippen molar-refractivity contribution in [3.05, 3.63) is 225 Å². The van der Waals surface area contributed by atoms with Gasteiger partial charge in [-0.3, -0.25) is 0 Å². The molecule has 0 aliphatic carbocycles. The Morgan fingerprint density at radius 2 is 0.725 bits per heavy atom. The molecule has 9 heteroatoms. The van der Waals surface area contributed by atoms with Crippen LogP contribution < -0.4 is 78.1 Å². The third-order valence-electron chi connectivity index (χ3n) is 14.9. The summed E-state index contributed by atoms with van der Waals surface area (Å²) in [6.07, 6.45) is 5.74. The molecule has 0 N–H and O–H groups in total. The van der Waals surface area contributed by atoms with Crippen molar-refractivity contribution in [1.82, 2.24) is 0 Å². The average Bonchev–Trinajstić information content (AvgIpc) is 3.40. The molecule has 9 aromatic carbocycles. The number of benzene rings is 9. The minimum atomic E-state index is -0.276. The molecule has 0 radical (unpaired) electrons. The summed E-state index contributed by atoms with van der Waals surface area (Å²) >= 11 is 0. The van der Waals surface area contributed by atoms with Crippen molar-refractivity contribution in [2.45, 2.75) is 0 Å². The van der Waals surface area contributed by atoms with Gasteiger partial charge in [-0.05, 0) is 124 Å². The molecule has 6 aliphatic heterocycles. The Bertz CT molecular complexity index is 3630. The normalized spacial score (nSPS) is 14.5. The number of anilines is 8. The Kier molecular flexibility index (Phi) is 7.97. The van der Waals surface area contributed by atoms with Crippen LogP contribution in [0.5, 0.6) is 34.5 Å². The lowest BCUT2D eigenvalue weighted by atomic mass is 9.27. The minimum absolute atomic E-state index is 0.255. The fourth-order valence-electron chi connectivity index (χ4n) is 12.4. The lowest BCUT2D eigenvalue weighted by Crippen LogP contribution is -2.68. The number of hydrogen-bond donors (Lipinski definition) is 0. The second-order valence-corrected chi connectivity index (χ2v) is 18.3. The first-order chi connectivity index (χ1) is 34.2. The fourth-order valence-corrected chi connectivity index (χ4v) is 12.4. The lowest BCUT2D eigenvalue weighted by Gasteiger charge is -2.46. The predicted octanol–water partition coefficient (Wildman–Crippen LogP) is 8.83. The number of fused-ring (bicyclic) bond motifs is 15. The Balaban J connectivity index is 1.08. The maximum atomic E-state index is 7.64. The molecule has 0 bridgehead atoms. The van der Waals surface area contributed by atoms with Gasteiger partial charge >= 0.3 is 0 Å². The van der Waals surface area contributed by atoms with Gasteiger partial charge < -0.3 is 28.9 Å². The van der Waals surface area contributed by atoms with E-state index in [9.17, 15) is 0 Å². The van der Waals surface area contributed by atoms with Crippen molar-refractivity contribution < 1.29 is 14.2 Å². The molecule has 6 heterocycles. The SMILES string of the molecule is C=C/C=C(\C=C)N1c2ccccc2B2c3c(cccc31)Oc1c2c2c(c3c1B1c4ccccc4N(c4ccccc4)c4cccc(c41)O3)B1c3ccccc3N(c3ccccc3)c3cccc(c31)O2. The van der Waals surface area contributed by atoms with Crippen LogP contribution in [0.15, 0.2) is 225 Å². The van der Waals surface area contributed by atoms with E-state index in [-0.39, 0.29) is 20.1 Å². The van der Waals surface area contributed by atoms with Crippen molar-refractivity contribution in [2.75, 3.05) is 14.7 Å². The van der Waals surface area contributed by atoms with E-state index >= 15 is 0 Å². The first kappa shape index (κ1) is 38.3. The number of para-hydroxylation sites is 5. The molecule has 0 atom stereocenters. The molecular weight excluding hydrogens is 843 g/mol. The molecule has 9 aromatic rings. The summed E-state index contributed by atoms with van der Waals surface area (Å²) in [5, 5.41) is 0. The predicted molar refractivity (Wildman–Crippen MR) is 286 cm³/mol. The number of ether oxygens (including phenoxy) is 3. The van der Waals surface area contributed by atoms with Crippen molar-refractivity contribution in [3.63, 3.8) is 0 Å². The highest BCUT2D eigenvalue weighted by Gasteiger charge is 2.54. The summed E-state index contributed by atoms with van der Waals surface area (Å²) in [6.45, 7) is 7.57. The van der Waals surface area contributed by atoms with E-state index in [1.165, 1.54) is 10.9 Å². The van der Waals surface area contributed by atoms with Crippen LogP contribution in [0.25, 0.3) is 0 Å². The highest BCUT2D eigenvalue weighted by molar-refractivity contribution is 7.06. The van der Waals surface area contributed by atoms with E-state index in [0.717, 1.165) is 124 Å². The molecular formula is C60H38B3N3O3. The van der Waals surface area contributed by atoms with Crippen molar-refractivity contribution in [3.8, 4) is 34.5 Å². The molecule has 15 rings (SSSR count). The van der Waals surface area contributed by atoms with Gasteiger partial charge in [0.25, 0.3) is 20.1 Å². The molecule has 6 nitrogen and oxygen atoms in total. The standard InChI is InChI=1S/C60H38B3N3O3/c1-3-20-37(4-2)64-43-28-14-11-25-40(43)61-52-46(64)31-17-34-49(52)67-58-55(61)59-57(63-42-27-13-16-30-45(42)66(39-23-9-6-10-24-39)47-32-18-35-50(68-59)53(47)63)60-56(58)62-41-26-12-15-29-44(41)65(38-21-7-5-8-22-38)48-33-19-36-51(69-60)54(48)62/h3-36H,1-2H2/b37-20+. The summed E-state index contributed by atoms with van der Waals surface area (Å²) in [7, 11) is 0. The third-order valence-corrected chi connectivity index (χ3v) is 14.9. The number of nitrogens with zero attached hydrogens (tertiary/aromatic N) is 3. The molecule has 0 amide bonds. The molecule has 0 aromatic heterocycles. The largest absolute Gasteiger partial charge is 0.459 e.